The lowest BCUT2D eigenvalue weighted by Crippen LogP contribution is -2.30. The van der Waals surface area contributed by atoms with Gasteiger partial charge >= 0.3 is 17.9 Å². The second kappa shape index (κ2) is 59.8. The molecular weight excluding hydrogens is 901 g/mol. The summed E-state index contributed by atoms with van der Waals surface area (Å²) < 4.78 is 16.8. The van der Waals surface area contributed by atoms with Crippen molar-refractivity contribution in [3.05, 3.63) is 146 Å². The summed E-state index contributed by atoms with van der Waals surface area (Å²) in [5, 5.41) is 0. The Morgan fingerprint density at radius 3 is 1.03 bits per heavy atom. The molecule has 0 rings (SSSR count). The van der Waals surface area contributed by atoms with Crippen molar-refractivity contribution in [1.29, 1.82) is 0 Å². The minimum atomic E-state index is -0.820. The fourth-order valence-electron chi connectivity index (χ4n) is 7.61. The van der Waals surface area contributed by atoms with Crippen LogP contribution in [0.4, 0.5) is 0 Å². The van der Waals surface area contributed by atoms with Crippen LogP contribution in [0, 0.1) is 0 Å². The molecule has 1 unspecified atom stereocenters. The molecule has 0 spiro atoms. The van der Waals surface area contributed by atoms with Gasteiger partial charge in [-0.25, -0.2) is 0 Å². The van der Waals surface area contributed by atoms with Gasteiger partial charge in [0.15, 0.2) is 6.10 Å². The van der Waals surface area contributed by atoms with Crippen molar-refractivity contribution in [2.45, 2.75) is 245 Å². The fraction of sp³-hybridized carbons (Fsp3) is 0.597. The summed E-state index contributed by atoms with van der Waals surface area (Å²) in [4.78, 5) is 38.2. The third-order valence-corrected chi connectivity index (χ3v) is 12.0. The Hall–Kier alpha value is -4.71. The van der Waals surface area contributed by atoms with Gasteiger partial charge in [-0.2, -0.15) is 0 Å². The molecule has 0 aromatic carbocycles. The second-order valence-electron chi connectivity index (χ2n) is 18.9. The topological polar surface area (TPSA) is 78.9 Å². The Kier molecular flexibility index (Phi) is 56.0. The van der Waals surface area contributed by atoms with Crippen molar-refractivity contribution in [1.82, 2.24) is 0 Å². The third kappa shape index (κ3) is 58.1. The summed E-state index contributed by atoms with van der Waals surface area (Å²) in [5.74, 6) is -0.999. The smallest absolute Gasteiger partial charge is 0.306 e. The molecule has 6 nitrogen and oxygen atoms in total. The number of hydrogen-bond acceptors (Lipinski definition) is 6. The highest BCUT2D eigenvalue weighted by molar-refractivity contribution is 5.71. The number of hydrogen-bond donors (Lipinski definition) is 0. The maximum atomic E-state index is 12.9. The Labute approximate surface area is 448 Å². The van der Waals surface area contributed by atoms with Crippen molar-refractivity contribution < 1.29 is 28.6 Å². The summed E-state index contributed by atoms with van der Waals surface area (Å²) in [7, 11) is 0. The number of unbranched alkanes of at least 4 members (excludes halogenated alkanes) is 21. The van der Waals surface area contributed by atoms with Crippen LogP contribution in [0.15, 0.2) is 146 Å². The van der Waals surface area contributed by atoms with Crippen molar-refractivity contribution in [3.8, 4) is 0 Å². The first-order valence-electron chi connectivity index (χ1n) is 29.4. The SMILES string of the molecule is CC\C=C/C=C\C=C/C=C\C=C\C=C/CCCCCC(=O)OCC(COC(=O)CCCCC/C=C\C/C=C\C/C=C\C/C=C\C/C=C\CC)OC(=O)CCCCCCCCC/C=C\CCCCCCCCCC. The molecule has 0 heterocycles. The lowest BCUT2D eigenvalue weighted by molar-refractivity contribution is -0.167. The maximum Gasteiger partial charge on any atom is 0.306 e. The van der Waals surface area contributed by atoms with Crippen LogP contribution in [0.2, 0.25) is 0 Å². The molecule has 0 radical (unpaired) electrons. The normalized spacial score (nSPS) is 13.2. The van der Waals surface area contributed by atoms with Gasteiger partial charge in [0.05, 0.1) is 0 Å². The van der Waals surface area contributed by atoms with Crippen LogP contribution in [0.3, 0.4) is 0 Å². The van der Waals surface area contributed by atoms with E-state index in [-0.39, 0.29) is 31.1 Å². The zero-order chi connectivity index (χ0) is 52.9. The molecule has 0 aromatic heterocycles. The number of allylic oxidation sites excluding steroid dienone is 24. The highest BCUT2D eigenvalue weighted by atomic mass is 16.6. The average Bonchev–Trinajstić information content (AvgIpc) is 3.39. The van der Waals surface area contributed by atoms with Gasteiger partial charge in [-0.3, -0.25) is 14.4 Å². The first-order chi connectivity index (χ1) is 36.0. The lowest BCUT2D eigenvalue weighted by Gasteiger charge is -2.18. The van der Waals surface area contributed by atoms with Crippen molar-refractivity contribution >= 4 is 17.9 Å². The predicted molar refractivity (Wildman–Crippen MR) is 315 cm³/mol. The van der Waals surface area contributed by atoms with Crippen molar-refractivity contribution in [2.24, 2.45) is 0 Å². The van der Waals surface area contributed by atoms with E-state index in [1.54, 1.807) is 0 Å². The molecule has 0 saturated carbocycles. The summed E-state index contributed by atoms with van der Waals surface area (Å²) in [6, 6.07) is 0. The third-order valence-electron chi connectivity index (χ3n) is 12.0. The molecular formula is C67H106O6. The van der Waals surface area contributed by atoms with E-state index in [2.05, 4.69) is 106 Å². The Morgan fingerprint density at radius 1 is 0.301 bits per heavy atom. The molecule has 0 fully saturated rings. The summed E-state index contributed by atoms with van der Waals surface area (Å²) in [6.07, 6.45) is 85.5. The van der Waals surface area contributed by atoms with Gasteiger partial charge < -0.3 is 14.2 Å². The first kappa shape index (κ1) is 68.3. The van der Waals surface area contributed by atoms with E-state index < -0.39 is 6.10 Å². The number of carbonyl (C=O) groups excluding carboxylic acids is 3. The van der Waals surface area contributed by atoms with Gasteiger partial charge in [0, 0.05) is 19.3 Å². The monoisotopic (exact) mass is 1010 g/mol. The molecule has 1 atom stereocenters. The van der Waals surface area contributed by atoms with Crippen LogP contribution in [0.25, 0.3) is 0 Å². The molecule has 0 amide bonds. The van der Waals surface area contributed by atoms with Gasteiger partial charge in [-0.15, -0.1) is 0 Å². The van der Waals surface area contributed by atoms with Crippen molar-refractivity contribution in [2.75, 3.05) is 13.2 Å². The minimum Gasteiger partial charge on any atom is -0.462 e. The van der Waals surface area contributed by atoms with Gasteiger partial charge in [-0.05, 0) is 109 Å². The van der Waals surface area contributed by atoms with Crippen LogP contribution in [0.1, 0.15) is 239 Å². The van der Waals surface area contributed by atoms with E-state index in [1.807, 2.05) is 60.8 Å². The molecule has 0 saturated heterocycles. The van der Waals surface area contributed by atoms with Gasteiger partial charge in [0.1, 0.15) is 13.2 Å². The Balaban J connectivity index is 4.56. The molecule has 73 heavy (non-hydrogen) atoms. The van der Waals surface area contributed by atoms with Gasteiger partial charge in [-0.1, -0.05) is 256 Å². The number of carbonyl (C=O) groups is 3. The molecule has 410 valence electrons. The molecule has 6 heteroatoms. The summed E-state index contributed by atoms with van der Waals surface area (Å²) >= 11 is 0. The van der Waals surface area contributed by atoms with Gasteiger partial charge in [0.2, 0.25) is 0 Å². The Bertz CT molecular complexity index is 1630. The number of esters is 3. The lowest BCUT2D eigenvalue weighted by atomic mass is 10.1. The standard InChI is InChI=1S/C67H106O6/c1-4-7-10-13-16-19-22-25-28-31-33-36-39-42-45-48-51-54-57-60-66(69)72-63-64(62-71-65(68)59-56-53-50-47-44-41-38-35-30-27-24-21-18-15-12-9-6-3)73-67(70)61-58-55-52-49-46-43-40-37-34-32-29-26-23-20-17-14-11-8-5-2/h7,9-10,12,15-16,18-19,21,24-25,27-28,30,32-36,38,41-42,44-45,64H,4-6,8,11,13-14,17,20,22-23,26,29,31,37,39-40,43,46-63H2,1-3H3/b10-7-,12-9-,18-15-,19-16-,24-21-,28-25-,30-27-,34-32-,36-33-,38-35+,44-41-,45-42-. The van der Waals surface area contributed by atoms with Crippen molar-refractivity contribution in [3.63, 3.8) is 0 Å². The van der Waals surface area contributed by atoms with Crippen LogP contribution < -0.4 is 0 Å². The van der Waals surface area contributed by atoms with E-state index >= 15 is 0 Å². The maximum absolute atomic E-state index is 12.9. The first-order valence-corrected chi connectivity index (χ1v) is 29.4. The summed E-state index contributed by atoms with van der Waals surface area (Å²) in [6.45, 7) is 6.31. The zero-order valence-electron chi connectivity index (χ0n) is 46.8. The highest BCUT2D eigenvalue weighted by Crippen LogP contribution is 2.14. The number of rotatable bonds is 51. The second-order valence-corrected chi connectivity index (χ2v) is 18.9. The fourth-order valence-corrected chi connectivity index (χ4v) is 7.61. The zero-order valence-corrected chi connectivity index (χ0v) is 46.8. The molecule has 0 aliphatic heterocycles. The molecule has 0 aliphatic carbocycles. The molecule has 0 N–H and O–H groups in total. The van der Waals surface area contributed by atoms with E-state index in [0.29, 0.717) is 19.3 Å². The quantitative estimate of drug-likeness (QED) is 0.0199. The molecule has 0 bridgehead atoms. The minimum absolute atomic E-state index is 0.117. The van der Waals surface area contributed by atoms with Crippen LogP contribution in [-0.4, -0.2) is 37.2 Å². The van der Waals surface area contributed by atoms with E-state index in [4.69, 9.17) is 14.2 Å². The van der Waals surface area contributed by atoms with E-state index in [1.165, 1.54) is 89.9 Å². The van der Waals surface area contributed by atoms with Crippen LogP contribution >= 0.6 is 0 Å². The van der Waals surface area contributed by atoms with E-state index in [0.717, 1.165) is 109 Å². The van der Waals surface area contributed by atoms with Crippen LogP contribution in [-0.2, 0) is 28.6 Å². The van der Waals surface area contributed by atoms with Crippen LogP contribution in [0.5, 0.6) is 0 Å². The van der Waals surface area contributed by atoms with Gasteiger partial charge in [0.25, 0.3) is 0 Å². The number of ether oxygens (including phenoxy) is 3. The highest BCUT2D eigenvalue weighted by Gasteiger charge is 2.19. The summed E-state index contributed by atoms with van der Waals surface area (Å²) in [5.41, 5.74) is 0. The predicted octanol–water partition coefficient (Wildman–Crippen LogP) is 20.0. The largest absolute Gasteiger partial charge is 0.462 e. The average molecular weight is 1010 g/mol. The molecule has 0 aliphatic rings. The Morgan fingerprint density at radius 2 is 0.603 bits per heavy atom. The van der Waals surface area contributed by atoms with E-state index in [9.17, 15) is 14.4 Å². The molecule has 0 aromatic rings.